The van der Waals surface area contributed by atoms with Crippen LogP contribution in [0, 0.1) is 0 Å². The van der Waals surface area contributed by atoms with Crippen LogP contribution in [0.5, 0.6) is 0 Å². The minimum Gasteiger partial charge on any atom is -0.481 e. The third-order valence-electron chi connectivity index (χ3n) is 2.89. The first-order valence-corrected chi connectivity index (χ1v) is 7.46. The fourth-order valence-electron chi connectivity index (χ4n) is 1.37. The quantitative estimate of drug-likeness (QED) is 0.382. The normalized spacial score (nSPS) is 11.8. The first-order valence-electron chi connectivity index (χ1n) is 7.46. The van der Waals surface area contributed by atoms with Crippen LogP contribution in [0.3, 0.4) is 0 Å². The molecule has 0 bridgehead atoms. The molecular formula is C14H14F8N3O5+. The molecule has 0 aliphatic carbocycles. The molecule has 1 aromatic heterocycles. The summed E-state index contributed by atoms with van der Waals surface area (Å²) in [6, 6.07) is 1.12. The Kier molecular flexibility index (Phi) is 9.55. The zero-order valence-corrected chi connectivity index (χ0v) is 14.9. The number of carbonyl (C=O) groups is 3. The number of ether oxygens (including phenoxy) is 1. The maximum absolute atomic E-state index is 12.6. The maximum atomic E-state index is 12.6. The predicted octanol–water partition coefficient (Wildman–Crippen LogP) is 1.49. The Morgan fingerprint density at radius 1 is 1.13 bits per heavy atom. The molecule has 1 aromatic rings. The number of alkyl halides is 8. The van der Waals surface area contributed by atoms with Crippen LogP contribution >= 0.6 is 0 Å². The third-order valence-corrected chi connectivity index (χ3v) is 2.89. The van der Waals surface area contributed by atoms with Crippen LogP contribution in [0.25, 0.3) is 0 Å². The average molecular weight is 456 g/mol. The SMILES string of the molecule is COC(=O)C(F)(F)F.O=C(O)CC[n+]1ccc(C(=O)NCC(F)(F)C(F)(F)F)cn1. The van der Waals surface area contributed by atoms with Gasteiger partial charge in [0.1, 0.15) is 12.6 Å². The number of hydrogen-bond donors (Lipinski definition) is 2. The number of carboxylic acids is 1. The molecule has 170 valence electrons. The van der Waals surface area contributed by atoms with E-state index in [1.54, 1.807) is 0 Å². The Balaban J connectivity index is 0.000000890. The predicted molar refractivity (Wildman–Crippen MR) is 78.1 cm³/mol. The second-order valence-corrected chi connectivity index (χ2v) is 5.20. The number of nitrogens with zero attached hydrogens (tertiary/aromatic N) is 2. The van der Waals surface area contributed by atoms with E-state index in [-0.39, 0.29) is 18.5 Å². The van der Waals surface area contributed by atoms with Gasteiger partial charge in [-0.2, -0.15) is 35.1 Å². The summed E-state index contributed by atoms with van der Waals surface area (Å²) < 4.78 is 98.5. The minimum absolute atomic E-state index is 0.0172. The molecule has 1 amide bonds. The molecule has 1 heterocycles. The first kappa shape index (κ1) is 26.9. The van der Waals surface area contributed by atoms with E-state index in [0.29, 0.717) is 7.11 Å². The van der Waals surface area contributed by atoms with E-state index in [0.717, 1.165) is 12.3 Å². The molecule has 1 rings (SSSR count). The summed E-state index contributed by atoms with van der Waals surface area (Å²) in [6.07, 6.45) is -8.69. The van der Waals surface area contributed by atoms with Gasteiger partial charge in [0, 0.05) is 6.07 Å². The smallest absolute Gasteiger partial charge is 0.481 e. The van der Waals surface area contributed by atoms with E-state index in [4.69, 9.17) is 5.11 Å². The van der Waals surface area contributed by atoms with Gasteiger partial charge in [0.15, 0.2) is 12.7 Å². The number of carbonyl (C=O) groups excluding carboxylic acids is 2. The minimum atomic E-state index is -5.75. The lowest BCUT2D eigenvalue weighted by molar-refractivity contribution is -0.753. The zero-order chi connectivity index (χ0) is 23.8. The standard InChI is InChI=1S/C11H10F5N3O3.C3H3F3O2/c12-10(13,11(14,15)16)6-17-9(22)7-1-3-19(18-5-7)4-2-8(20)21;1-8-2(7)3(4,5)6/h1,3,5H,2,4,6H2,(H-,17,20,21,22);1H3/p+1. The van der Waals surface area contributed by atoms with Crippen LogP contribution < -0.4 is 10.00 Å². The molecule has 0 saturated carbocycles. The van der Waals surface area contributed by atoms with Crippen LogP contribution in [-0.2, 0) is 20.9 Å². The average Bonchev–Trinajstić information content (AvgIpc) is 2.63. The number of halogens is 8. The van der Waals surface area contributed by atoms with Crippen LogP contribution in [0.1, 0.15) is 16.8 Å². The van der Waals surface area contributed by atoms with E-state index in [9.17, 15) is 49.5 Å². The van der Waals surface area contributed by atoms with Crippen LogP contribution in [-0.4, -0.2) is 60.0 Å². The Morgan fingerprint density at radius 2 is 1.70 bits per heavy atom. The lowest BCUT2D eigenvalue weighted by Crippen LogP contribution is -2.47. The Bertz CT molecular complexity index is 735. The molecule has 0 spiro atoms. The van der Waals surface area contributed by atoms with Gasteiger partial charge < -0.3 is 15.2 Å². The molecule has 0 aliphatic rings. The summed E-state index contributed by atoms with van der Waals surface area (Å²) in [5.41, 5.74) is -0.232. The van der Waals surface area contributed by atoms with Gasteiger partial charge in [0.25, 0.3) is 5.91 Å². The van der Waals surface area contributed by atoms with Gasteiger partial charge in [0.2, 0.25) is 0 Å². The van der Waals surface area contributed by atoms with Crippen molar-refractivity contribution in [2.24, 2.45) is 0 Å². The molecule has 16 heteroatoms. The van der Waals surface area contributed by atoms with Crippen LogP contribution in [0.4, 0.5) is 35.1 Å². The molecule has 0 radical (unpaired) electrons. The number of amides is 1. The van der Waals surface area contributed by atoms with Gasteiger partial charge >= 0.3 is 30.2 Å². The first-order chi connectivity index (χ1) is 13.5. The molecule has 8 nitrogen and oxygen atoms in total. The molecule has 0 fully saturated rings. The van der Waals surface area contributed by atoms with E-state index < -0.39 is 42.7 Å². The monoisotopic (exact) mass is 456 g/mol. The summed E-state index contributed by atoms with van der Waals surface area (Å²) in [5, 5.41) is 13.6. The molecule has 0 saturated heterocycles. The van der Waals surface area contributed by atoms with Gasteiger partial charge in [0.05, 0.1) is 19.2 Å². The van der Waals surface area contributed by atoms with Crippen molar-refractivity contribution in [1.82, 2.24) is 10.4 Å². The maximum Gasteiger partial charge on any atom is 0.490 e. The highest BCUT2D eigenvalue weighted by Gasteiger charge is 2.57. The van der Waals surface area contributed by atoms with Crippen molar-refractivity contribution in [3.05, 3.63) is 24.0 Å². The van der Waals surface area contributed by atoms with Gasteiger partial charge in [-0.1, -0.05) is 4.68 Å². The lowest BCUT2D eigenvalue weighted by Gasteiger charge is -2.19. The molecular weight excluding hydrogens is 442 g/mol. The van der Waals surface area contributed by atoms with Crippen molar-refractivity contribution in [3.8, 4) is 0 Å². The van der Waals surface area contributed by atoms with Crippen molar-refractivity contribution >= 4 is 17.8 Å². The number of carboxylic acid groups (broad SMARTS) is 1. The second-order valence-electron chi connectivity index (χ2n) is 5.20. The van der Waals surface area contributed by atoms with Crippen molar-refractivity contribution < 1.29 is 64.0 Å². The lowest BCUT2D eigenvalue weighted by atomic mass is 10.2. The zero-order valence-electron chi connectivity index (χ0n) is 14.9. The number of esters is 1. The molecule has 2 N–H and O–H groups in total. The van der Waals surface area contributed by atoms with Gasteiger partial charge in [-0.3, -0.25) is 9.59 Å². The van der Waals surface area contributed by atoms with Crippen LogP contribution in [0.2, 0.25) is 0 Å². The highest BCUT2D eigenvalue weighted by atomic mass is 19.4. The van der Waals surface area contributed by atoms with Gasteiger partial charge in [-0.05, 0) is 5.10 Å². The summed E-state index contributed by atoms with van der Waals surface area (Å²) in [5.74, 6) is -9.42. The topological polar surface area (TPSA) is 109 Å². The highest BCUT2D eigenvalue weighted by Crippen LogP contribution is 2.34. The fourth-order valence-corrected chi connectivity index (χ4v) is 1.37. The Labute approximate surface area is 162 Å². The second kappa shape index (κ2) is 10.6. The number of aliphatic carboxylic acids is 1. The number of rotatable bonds is 6. The fraction of sp³-hybridized carbons (Fsp3) is 0.500. The number of aryl methyl sites for hydroxylation is 1. The van der Waals surface area contributed by atoms with Gasteiger partial charge in [-0.15, -0.1) is 0 Å². The summed E-state index contributed by atoms with van der Waals surface area (Å²) in [4.78, 5) is 31.3. The van der Waals surface area contributed by atoms with Crippen molar-refractivity contribution in [1.29, 1.82) is 0 Å². The molecule has 0 aromatic carbocycles. The molecule has 0 atom stereocenters. The van der Waals surface area contributed by atoms with Gasteiger partial charge in [-0.25, -0.2) is 4.79 Å². The van der Waals surface area contributed by atoms with Crippen molar-refractivity contribution in [2.75, 3.05) is 13.7 Å². The number of nitrogens with one attached hydrogen (secondary N) is 1. The Morgan fingerprint density at radius 3 is 2.03 bits per heavy atom. The number of hydrogen-bond acceptors (Lipinski definition) is 5. The molecule has 0 unspecified atom stereocenters. The third kappa shape index (κ3) is 9.42. The summed E-state index contributed by atoms with van der Waals surface area (Å²) in [7, 11) is 0.676. The number of methoxy groups -OCH3 is 1. The van der Waals surface area contributed by atoms with E-state index >= 15 is 0 Å². The van der Waals surface area contributed by atoms with Crippen molar-refractivity contribution in [3.63, 3.8) is 0 Å². The van der Waals surface area contributed by atoms with E-state index in [1.165, 1.54) is 16.2 Å². The van der Waals surface area contributed by atoms with E-state index in [1.807, 2.05) is 0 Å². The van der Waals surface area contributed by atoms with Crippen molar-refractivity contribution in [2.45, 2.75) is 31.2 Å². The summed E-state index contributed by atoms with van der Waals surface area (Å²) in [6.45, 7) is -1.87. The molecule has 0 aliphatic heterocycles. The number of aromatic nitrogens is 2. The largest absolute Gasteiger partial charge is 0.490 e. The molecule has 30 heavy (non-hydrogen) atoms. The van der Waals surface area contributed by atoms with Crippen LogP contribution in [0.15, 0.2) is 18.5 Å². The van der Waals surface area contributed by atoms with E-state index in [2.05, 4.69) is 9.84 Å². The summed E-state index contributed by atoms with van der Waals surface area (Å²) >= 11 is 0. The Hall–Kier alpha value is -3.07. The highest BCUT2D eigenvalue weighted by molar-refractivity contribution is 5.93.